The van der Waals surface area contributed by atoms with Gasteiger partial charge >= 0.3 is 5.97 Å². The maximum atomic E-state index is 12.0. The van der Waals surface area contributed by atoms with Gasteiger partial charge in [-0.15, -0.1) is 0 Å². The van der Waals surface area contributed by atoms with Crippen molar-refractivity contribution in [3.8, 4) is 0 Å². The Morgan fingerprint density at radius 3 is 2.52 bits per heavy atom. The first-order chi connectivity index (χ1) is 9.87. The van der Waals surface area contributed by atoms with Crippen molar-refractivity contribution in [3.05, 3.63) is 48.0 Å². The highest BCUT2D eigenvalue weighted by molar-refractivity contribution is 5.85. The van der Waals surface area contributed by atoms with E-state index in [1.54, 1.807) is 0 Å². The number of fused-ring (bicyclic) bond motifs is 1. The first kappa shape index (κ1) is 15.5. The van der Waals surface area contributed by atoms with Crippen molar-refractivity contribution in [1.82, 2.24) is 5.32 Å². The summed E-state index contributed by atoms with van der Waals surface area (Å²) in [5.74, 6) is -0.220. The fraction of sp³-hybridized carbons (Fsp3) is 0.389. The first-order valence-corrected chi connectivity index (χ1v) is 7.30. The maximum absolute atomic E-state index is 12.0. The lowest BCUT2D eigenvalue weighted by Crippen LogP contribution is -2.38. The van der Waals surface area contributed by atoms with Gasteiger partial charge in [0.2, 0.25) is 0 Å². The molecule has 2 aromatic rings. The third-order valence-corrected chi connectivity index (χ3v) is 3.24. The molecule has 0 radical (unpaired) electrons. The molecule has 2 rings (SSSR count). The van der Waals surface area contributed by atoms with E-state index in [1.807, 2.05) is 45.9 Å². The number of hydrogen-bond donors (Lipinski definition) is 1. The van der Waals surface area contributed by atoms with Crippen molar-refractivity contribution < 1.29 is 9.53 Å². The van der Waals surface area contributed by atoms with Gasteiger partial charge in [0.05, 0.1) is 0 Å². The number of carbonyl (C=O) groups excluding carboxylic acids is 1. The van der Waals surface area contributed by atoms with Crippen LogP contribution in [0.1, 0.15) is 33.3 Å². The predicted molar refractivity (Wildman–Crippen MR) is 86.1 cm³/mol. The normalized spacial score (nSPS) is 13.1. The van der Waals surface area contributed by atoms with Crippen LogP contribution in [-0.4, -0.2) is 17.6 Å². The fourth-order valence-electron chi connectivity index (χ4n) is 2.18. The highest BCUT2D eigenvalue weighted by Crippen LogP contribution is 2.18. The summed E-state index contributed by atoms with van der Waals surface area (Å²) in [5, 5.41) is 5.66. The van der Waals surface area contributed by atoms with Crippen LogP contribution in [0.25, 0.3) is 10.8 Å². The number of rotatable bonds is 4. The molecular weight excluding hydrogens is 262 g/mol. The van der Waals surface area contributed by atoms with Crippen molar-refractivity contribution in [1.29, 1.82) is 0 Å². The van der Waals surface area contributed by atoms with E-state index in [2.05, 4.69) is 29.6 Å². The molecule has 0 saturated carbocycles. The minimum atomic E-state index is -0.452. The number of carbonyl (C=O) groups is 1. The number of hydrogen-bond acceptors (Lipinski definition) is 3. The van der Waals surface area contributed by atoms with Crippen LogP contribution in [0.15, 0.2) is 42.5 Å². The summed E-state index contributed by atoms with van der Waals surface area (Å²) >= 11 is 0. The molecular formula is C18H23NO2. The molecule has 21 heavy (non-hydrogen) atoms. The molecule has 1 unspecified atom stereocenters. The van der Waals surface area contributed by atoms with Crippen molar-refractivity contribution in [2.75, 3.05) is 0 Å². The monoisotopic (exact) mass is 285 g/mol. The van der Waals surface area contributed by atoms with E-state index in [0.29, 0.717) is 6.54 Å². The Morgan fingerprint density at radius 2 is 1.81 bits per heavy atom. The van der Waals surface area contributed by atoms with Gasteiger partial charge in [-0.05, 0) is 44.0 Å². The van der Waals surface area contributed by atoms with E-state index in [0.717, 1.165) is 0 Å². The largest absolute Gasteiger partial charge is 0.459 e. The zero-order valence-electron chi connectivity index (χ0n) is 13.1. The average molecular weight is 285 g/mol. The molecule has 3 nitrogen and oxygen atoms in total. The van der Waals surface area contributed by atoms with Gasteiger partial charge in [-0.2, -0.15) is 0 Å². The van der Waals surface area contributed by atoms with Crippen molar-refractivity contribution >= 4 is 16.7 Å². The third kappa shape index (κ3) is 4.30. The minimum Gasteiger partial charge on any atom is -0.459 e. The van der Waals surface area contributed by atoms with Crippen LogP contribution >= 0.6 is 0 Å². The smallest absolute Gasteiger partial charge is 0.323 e. The maximum Gasteiger partial charge on any atom is 0.323 e. The van der Waals surface area contributed by atoms with Crippen LogP contribution in [0.5, 0.6) is 0 Å². The third-order valence-electron chi connectivity index (χ3n) is 3.24. The molecule has 2 aromatic carbocycles. The predicted octanol–water partition coefficient (Wildman–Crippen LogP) is 3.66. The molecule has 0 saturated heterocycles. The zero-order valence-corrected chi connectivity index (χ0v) is 13.1. The van der Waals surface area contributed by atoms with Crippen molar-refractivity contribution in [3.63, 3.8) is 0 Å². The Bertz CT molecular complexity index is 623. The molecule has 0 amide bonds. The molecule has 1 atom stereocenters. The van der Waals surface area contributed by atoms with Gasteiger partial charge in [-0.1, -0.05) is 42.5 Å². The van der Waals surface area contributed by atoms with E-state index in [-0.39, 0.29) is 12.0 Å². The van der Waals surface area contributed by atoms with Gasteiger partial charge in [0, 0.05) is 6.54 Å². The van der Waals surface area contributed by atoms with Crippen LogP contribution < -0.4 is 5.32 Å². The Morgan fingerprint density at radius 1 is 1.14 bits per heavy atom. The zero-order chi connectivity index (χ0) is 15.5. The number of ether oxygens (including phenoxy) is 1. The molecule has 0 aromatic heterocycles. The van der Waals surface area contributed by atoms with Gasteiger partial charge in [0.15, 0.2) is 0 Å². The highest BCUT2D eigenvalue weighted by atomic mass is 16.6. The summed E-state index contributed by atoms with van der Waals surface area (Å²) < 4.78 is 5.37. The van der Waals surface area contributed by atoms with Crippen LogP contribution in [0.3, 0.4) is 0 Å². The number of esters is 1. The molecule has 0 spiro atoms. The summed E-state index contributed by atoms with van der Waals surface area (Å²) in [4.78, 5) is 12.0. The Hall–Kier alpha value is -1.87. The van der Waals surface area contributed by atoms with E-state index in [4.69, 9.17) is 4.74 Å². The van der Waals surface area contributed by atoms with E-state index in [9.17, 15) is 4.79 Å². The van der Waals surface area contributed by atoms with Gasteiger partial charge in [-0.25, -0.2) is 0 Å². The van der Waals surface area contributed by atoms with Crippen LogP contribution in [0.4, 0.5) is 0 Å². The fourth-order valence-corrected chi connectivity index (χ4v) is 2.18. The average Bonchev–Trinajstić information content (AvgIpc) is 2.42. The molecule has 112 valence electrons. The van der Waals surface area contributed by atoms with Crippen molar-refractivity contribution in [2.24, 2.45) is 0 Å². The second-order valence-corrected chi connectivity index (χ2v) is 6.27. The van der Waals surface area contributed by atoms with E-state index >= 15 is 0 Å². The first-order valence-electron chi connectivity index (χ1n) is 7.30. The molecule has 0 fully saturated rings. The lowest BCUT2D eigenvalue weighted by atomic mass is 10.0. The van der Waals surface area contributed by atoms with Crippen molar-refractivity contribution in [2.45, 2.75) is 45.9 Å². The van der Waals surface area contributed by atoms with Gasteiger partial charge in [0.1, 0.15) is 11.6 Å². The Balaban J connectivity index is 2.03. The van der Waals surface area contributed by atoms with Crippen LogP contribution in [0, 0.1) is 0 Å². The second kappa shape index (κ2) is 6.27. The van der Waals surface area contributed by atoms with Gasteiger partial charge < -0.3 is 10.1 Å². The topological polar surface area (TPSA) is 38.3 Å². The molecule has 1 N–H and O–H groups in total. The quantitative estimate of drug-likeness (QED) is 0.871. The molecule has 0 bridgehead atoms. The highest BCUT2D eigenvalue weighted by Gasteiger charge is 2.21. The lowest BCUT2D eigenvalue weighted by Gasteiger charge is -2.22. The molecule has 0 heterocycles. The van der Waals surface area contributed by atoms with Gasteiger partial charge in [-0.3, -0.25) is 4.79 Å². The SMILES string of the molecule is CC(NCc1cccc2ccccc12)C(=O)OC(C)(C)C. The Kier molecular flexibility index (Phi) is 4.63. The summed E-state index contributed by atoms with van der Waals surface area (Å²) in [7, 11) is 0. The number of benzene rings is 2. The number of nitrogens with one attached hydrogen (secondary N) is 1. The summed E-state index contributed by atoms with van der Waals surface area (Å²) in [5.41, 5.74) is 0.732. The van der Waals surface area contributed by atoms with E-state index in [1.165, 1.54) is 16.3 Å². The molecule has 0 aliphatic rings. The van der Waals surface area contributed by atoms with Gasteiger partial charge in [0.25, 0.3) is 0 Å². The summed E-state index contributed by atoms with van der Waals surface area (Å²) in [6.07, 6.45) is 0. The van der Waals surface area contributed by atoms with Crippen LogP contribution in [0.2, 0.25) is 0 Å². The Labute approximate surface area is 126 Å². The molecule has 3 heteroatoms. The van der Waals surface area contributed by atoms with E-state index < -0.39 is 5.60 Å². The summed E-state index contributed by atoms with van der Waals surface area (Å²) in [6, 6.07) is 14.1. The second-order valence-electron chi connectivity index (χ2n) is 6.27. The lowest BCUT2D eigenvalue weighted by molar-refractivity contribution is -0.157. The molecule has 0 aliphatic heterocycles. The summed E-state index contributed by atoms with van der Waals surface area (Å²) in [6.45, 7) is 8.11. The van der Waals surface area contributed by atoms with Crippen LogP contribution in [-0.2, 0) is 16.1 Å². The standard InChI is InChI=1S/C18H23NO2/c1-13(17(20)21-18(2,3)4)19-12-15-10-7-9-14-8-5-6-11-16(14)15/h5-11,13,19H,12H2,1-4H3. The molecule has 0 aliphatic carbocycles. The minimum absolute atomic E-state index is 0.220.